The molecule has 0 aliphatic carbocycles. The average Bonchev–Trinajstić information content (AvgIpc) is 2.39. The first-order valence-electron chi connectivity index (χ1n) is 8.68. The van der Waals surface area contributed by atoms with E-state index in [0.717, 1.165) is 25.9 Å². The van der Waals surface area contributed by atoms with E-state index in [2.05, 4.69) is 33.9 Å². The molecule has 130 valence electrons. The molecule has 3 nitrogen and oxygen atoms in total. The molecule has 0 bridgehead atoms. The Bertz CT molecular complexity index is 330. The van der Waals surface area contributed by atoms with E-state index in [1.54, 1.807) is 0 Å². The van der Waals surface area contributed by atoms with Crippen molar-refractivity contribution in [1.29, 1.82) is 0 Å². The van der Waals surface area contributed by atoms with Crippen molar-refractivity contribution >= 4 is 14.3 Å². The first-order chi connectivity index (χ1) is 10.2. The Labute approximate surface area is 138 Å². The predicted octanol–water partition coefficient (Wildman–Crippen LogP) is 5.47. The monoisotopic (exact) mass is 328 g/mol. The zero-order valence-electron chi connectivity index (χ0n) is 15.5. The van der Waals surface area contributed by atoms with Crippen LogP contribution in [0.15, 0.2) is 12.2 Å². The van der Waals surface area contributed by atoms with Gasteiger partial charge in [-0.15, -0.1) is 0 Å². The lowest BCUT2D eigenvalue weighted by Crippen LogP contribution is -2.40. The fourth-order valence-corrected chi connectivity index (χ4v) is 2.90. The molecule has 0 aromatic carbocycles. The van der Waals surface area contributed by atoms with E-state index >= 15 is 0 Å². The third-order valence-electron chi connectivity index (χ3n) is 4.32. The van der Waals surface area contributed by atoms with Gasteiger partial charge in [-0.2, -0.15) is 0 Å². The van der Waals surface area contributed by atoms with Gasteiger partial charge in [-0.1, -0.05) is 46.1 Å². The summed E-state index contributed by atoms with van der Waals surface area (Å²) in [5.74, 6) is -0.231. The number of carbonyl (C=O) groups is 1. The highest BCUT2D eigenvalue weighted by Crippen LogP contribution is 2.36. The number of carbonyl (C=O) groups excluding carboxylic acids is 1. The highest BCUT2D eigenvalue weighted by molar-refractivity contribution is 6.74. The molecule has 0 unspecified atom stereocenters. The summed E-state index contributed by atoms with van der Waals surface area (Å²) in [5.41, 5.74) is 0. The molecule has 0 rings (SSSR count). The second kappa shape index (κ2) is 11.0. The van der Waals surface area contributed by atoms with Crippen LogP contribution in [-0.2, 0) is 14.0 Å². The number of hydrogen-bond donors (Lipinski definition) is 0. The van der Waals surface area contributed by atoms with Crippen LogP contribution in [-0.4, -0.2) is 27.5 Å². The minimum atomic E-state index is -1.56. The van der Waals surface area contributed by atoms with E-state index in [1.807, 2.05) is 13.0 Å². The van der Waals surface area contributed by atoms with Gasteiger partial charge >= 0.3 is 5.97 Å². The molecule has 4 heteroatoms. The summed E-state index contributed by atoms with van der Waals surface area (Å²) in [6, 6.07) is 0. The Morgan fingerprint density at radius 2 is 1.64 bits per heavy atom. The zero-order chi connectivity index (χ0) is 17.1. The zero-order valence-corrected chi connectivity index (χ0v) is 16.5. The summed E-state index contributed by atoms with van der Waals surface area (Å²) >= 11 is 0. The number of allylic oxidation sites excluding steroid dienone is 1. The van der Waals surface area contributed by atoms with Crippen molar-refractivity contribution in [2.45, 2.75) is 84.4 Å². The first kappa shape index (κ1) is 21.4. The van der Waals surface area contributed by atoms with Crippen molar-refractivity contribution in [1.82, 2.24) is 0 Å². The molecule has 0 spiro atoms. The van der Waals surface area contributed by atoms with Gasteiger partial charge in [0.2, 0.25) is 0 Å². The van der Waals surface area contributed by atoms with Gasteiger partial charge in [-0.3, -0.25) is 0 Å². The van der Waals surface area contributed by atoms with Crippen molar-refractivity contribution in [2.24, 2.45) is 0 Å². The van der Waals surface area contributed by atoms with Gasteiger partial charge < -0.3 is 9.16 Å². The molecular weight excluding hydrogens is 292 g/mol. The SMILES string of the molecule is CCOC(=O)C=CCCCCCCCO[Si](C)(C)C(C)(C)C. The molecule has 0 aromatic rings. The number of hydrogen-bond acceptors (Lipinski definition) is 3. The molecule has 0 aliphatic heterocycles. The molecule has 22 heavy (non-hydrogen) atoms. The molecule has 0 saturated carbocycles. The maximum Gasteiger partial charge on any atom is 0.330 e. The van der Waals surface area contributed by atoms with Crippen molar-refractivity contribution in [3.63, 3.8) is 0 Å². The normalized spacial score (nSPS) is 12.8. The van der Waals surface area contributed by atoms with Crippen molar-refractivity contribution < 1.29 is 14.0 Å². The second-order valence-corrected chi connectivity index (χ2v) is 12.1. The van der Waals surface area contributed by atoms with E-state index in [4.69, 9.17) is 9.16 Å². The van der Waals surface area contributed by atoms with Crippen LogP contribution in [0.4, 0.5) is 0 Å². The molecule has 0 saturated heterocycles. The number of ether oxygens (including phenoxy) is 1. The topological polar surface area (TPSA) is 35.5 Å². The minimum Gasteiger partial charge on any atom is -0.463 e. The molecule has 0 amide bonds. The number of esters is 1. The third-order valence-corrected chi connectivity index (χ3v) is 8.86. The van der Waals surface area contributed by atoms with Gasteiger partial charge in [0, 0.05) is 12.7 Å². The smallest absolute Gasteiger partial charge is 0.330 e. The summed E-state index contributed by atoms with van der Waals surface area (Å²) in [4.78, 5) is 11.1. The van der Waals surface area contributed by atoms with Crippen LogP contribution in [0.1, 0.15) is 66.2 Å². The van der Waals surface area contributed by atoms with Gasteiger partial charge in [0.25, 0.3) is 0 Å². The molecule has 0 heterocycles. The van der Waals surface area contributed by atoms with E-state index in [-0.39, 0.29) is 5.97 Å². The first-order valence-corrected chi connectivity index (χ1v) is 11.6. The van der Waals surface area contributed by atoms with Crippen LogP contribution in [0.25, 0.3) is 0 Å². The fourth-order valence-electron chi connectivity index (χ4n) is 1.81. The van der Waals surface area contributed by atoms with E-state index in [1.165, 1.54) is 25.3 Å². The second-order valence-electron chi connectivity index (χ2n) is 7.32. The molecule has 0 radical (unpaired) electrons. The fraction of sp³-hybridized carbons (Fsp3) is 0.833. The molecule has 0 aromatic heterocycles. The number of rotatable bonds is 11. The lowest BCUT2D eigenvalue weighted by Gasteiger charge is -2.36. The molecule has 0 atom stereocenters. The van der Waals surface area contributed by atoms with Gasteiger partial charge in [0.05, 0.1) is 6.61 Å². The number of unbranched alkanes of at least 4 members (excludes halogenated alkanes) is 5. The maximum atomic E-state index is 11.1. The van der Waals surface area contributed by atoms with Crippen LogP contribution < -0.4 is 0 Å². The van der Waals surface area contributed by atoms with Crippen LogP contribution in [0.2, 0.25) is 18.1 Å². The summed E-state index contributed by atoms with van der Waals surface area (Å²) in [6.07, 6.45) is 10.4. The van der Waals surface area contributed by atoms with Gasteiger partial charge in [0.1, 0.15) is 0 Å². The van der Waals surface area contributed by atoms with Crippen molar-refractivity contribution in [3.05, 3.63) is 12.2 Å². The summed E-state index contributed by atoms with van der Waals surface area (Å²) in [6.45, 7) is 14.6. The van der Waals surface area contributed by atoms with Crippen molar-refractivity contribution in [3.8, 4) is 0 Å². The largest absolute Gasteiger partial charge is 0.463 e. The predicted molar refractivity (Wildman–Crippen MR) is 96.6 cm³/mol. The Morgan fingerprint density at radius 3 is 2.23 bits per heavy atom. The summed E-state index contributed by atoms with van der Waals surface area (Å²) < 4.78 is 11.0. The Balaban J connectivity index is 3.50. The molecular formula is C18H36O3Si. The summed E-state index contributed by atoms with van der Waals surface area (Å²) in [5, 5.41) is 0.304. The summed E-state index contributed by atoms with van der Waals surface area (Å²) in [7, 11) is -1.56. The van der Waals surface area contributed by atoms with Crippen molar-refractivity contribution in [2.75, 3.05) is 13.2 Å². The van der Waals surface area contributed by atoms with E-state index in [9.17, 15) is 4.79 Å². The molecule has 0 N–H and O–H groups in total. The highest BCUT2D eigenvalue weighted by Gasteiger charge is 2.36. The van der Waals surface area contributed by atoms with E-state index < -0.39 is 8.32 Å². The highest BCUT2D eigenvalue weighted by atomic mass is 28.4. The Kier molecular flexibility index (Phi) is 10.7. The minimum absolute atomic E-state index is 0.231. The Morgan fingerprint density at radius 1 is 1.05 bits per heavy atom. The molecule has 0 aliphatic rings. The average molecular weight is 329 g/mol. The molecule has 0 fully saturated rings. The lowest BCUT2D eigenvalue weighted by molar-refractivity contribution is -0.137. The standard InChI is InChI=1S/C18H36O3Si/c1-7-20-17(19)15-13-11-9-8-10-12-14-16-21-22(5,6)18(2,3)4/h13,15H,7-12,14,16H2,1-6H3. The van der Waals surface area contributed by atoms with Crippen LogP contribution >= 0.6 is 0 Å². The third kappa shape index (κ3) is 10.2. The quantitative estimate of drug-likeness (QED) is 0.218. The Hall–Kier alpha value is -0.613. The van der Waals surface area contributed by atoms with Crippen LogP contribution in [0.5, 0.6) is 0 Å². The van der Waals surface area contributed by atoms with Gasteiger partial charge in [0.15, 0.2) is 8.32 Å². The van der Waals surface area contributed by atoms with Gasteiger partial charge in [-0.25, -0.2) is 4.79 Å². The van der Waals surface area contributed by atoms with Gasteiger partial charge in [-0.05, 0) is 44.3 Å². The maximum absolute atomic E-state index is 11.1. The van der Waals surface area contributed by atoms with Crippen LogP contribution in [0, 0.1) is 0 Å². The van der Waals surface area contributed by atoms with Crippen LogP contribution in [0.3, 0.4) is 0 Å². The lowest BCUT2D eigenvalue weighted by atomic mass is 10.1. The van der Waals surface area contributed by atoms with E-state index in [0.29, 0.717) is 11.6 Å².